The zero-order valence-electron chi connectivity index (χ0n) is 24.7. The number of aryl methyl sites for hydroxylation is 1. The van der Waals surface area contributed by atoms with Crippen LogP contribution in [0.1, 0.15) is 42.5 Å². The Kier molecular flexibility index (Phi) is 8.50. The van der Waals surface area contributed by atoms with E-state index in [1.165, 1.54) is 0 Å². The van der Waals surface area contributed by atoms with Crippen LogP contribution in [0.3, 0.4) is 0 Å². The normalized spacial score (nSPS) is 15.3. The zero-order valence-corrected chi connectivity index (χ0v) is 24.7. The summed E-state index contributed by atoms with van der Waals surface area (Å²) in [5.74, 6) is 0.396. The molecule has 1 aromatic carbocycles. The summed E-state index contributed by atoms with van der Waals surface area (Å²) < 4.78 is 14.7. The molecule has 5 rings (SSSR count). The summed E-state index contributed by atoms with van der Waals surface area (Å²) in [5.41, 5.74) is 3.09. The summed E-state index contributed by atoms with van der Waals surface area (Å²) in [6, 6.07) is 7.37. The van der Waals surface area contributed by atoms with Crippen LogP contribution in [0.15, 0.2) is 36.7 Å². The molecule has 42 heavy (non-hydrogen) atoms. The van der Waals surface area contributed by atoms with E-state index in [0.717, 1.165) is 23.3 Å². The van der Waals surface area contributed by atoms with E-state index in [1.54, 1.807) is 42.4 Å². The third-order valence-corrected chi connectivity index (χ3v) is 6.84. The summed E-state index contributed by atoms with van der Waals surface area (Å²) >= 11 is 0. The van der Waals surface area contributed by atoms with Gasteiger partial charge in [0, 0.05) is 54.7 Å². The molecular formula is C29H37N9O4. The van der Waals surface area contributed by atoms with Gasteiger partial charge in [-0.1, -0.05) is 0 Å². The first-order chi connectivity index (χ1) is 20.1. The van der Waals surface area contributed by atoms with Gasteiger partial charge in [0.15, 0.2) is 11.5 Å². The number of esters is 1. The van der Waals surface area contributed by atoms with Gasteiger partial charge in [-0.05, 0) is 52.9 Å². The standard InChI is InChI=1S/C29H37N9O4/c1-19-20-17-36(5)11-14-41-13-10-30-26(39)25-22-16-21(32-28-31-9-8-24(33-28)38(18-20)34-19)6-7-23(22)37(35-25)12-15-42-27(40)29(2,3)4/h6-9,16,18H,10-15,17H2,1-5H3,(H,30,39)(H,31,32,33). The number of hydrogen-bond donors (Lipinski definition) is 2. The van der Waals surface area contributed by atoms with E-state index in [9.17, 15) is 9.59 Å². The van der Waals surface area contributed by atoms with Crippen LogP contribution >= 0.6 is 0 Å². The number of anilines is 2. The first kappa shape index (κ1) is 29.1. The molecule has 6 bridgehead atoms. The molecule has 0 radical (unpaired) electrons. The van der Waals surface area contributed by atoms with E-state index < -0.39 is 5.41 Å². The SMILES string of the molecule is Cc1nn2cc1CN(C)CCOCCNC(=O)c1nn(CCOC(=O)C(C)(C)C)c3ccc(cc13)Nc1nccc-2n1. The lowest BCUT2D eigenvalue weighted by molar-refractivity contribution is -0.153. The summed E-state index contributed by atoms with van der Waals surface area (Å²) in [6.07, 6.45) is 3.66. The molecule has 0 unspecified atom stereocenters. The number of carbonyl (C=O) groups is 2. The smallest absolute Gasteiger partial charge is 0.311 e. The minimum Gasteiger partial charge on any atom is -0.463 e. The van der Waals surface area contributed by atoms with Crippen LogP contribution in [0.25, 0.3) is 16.7 Å². The second-order valence-corrected chi connectivity index (χ2v) is 11.3. The minimum atomic E-state index is -0.606. The lowest BCUT2D eigenvalue weighted by Crippen LogP contribution is -2.29. The van der Waals surface area contributed by atoms with Crippen molar-refractivity contribution in [1.82, 2.24) is 39.7 Å². The van der Waals surface area contributed by atoms with Gasteiger partial charge in [0.1, 0.15) is 6.61 Å². The number of hydrogen-bond acceptors (Lipinski definition) is 10. The second kappa shape index (κ2) is 12.2. The Morgan fingerprint density at radius 1 is 1.17 bits per heavy atom. The molecule has 0 fully saturated rings. The van der Waals surface area contributed by atoms with Crippen LogP contribution in [-0.4, -0.2) is 86.3 Å². The van der Waals surface area contributed by atoms with Crippen molar-refractivity contribution in [3.63, 3.8) is 0 Å². The molecule has 0 saturated carbocycles. The molecular weight excluding hydrogens is 538 g/mol. The largest absolute Gasteiger partial charge is 0.463 e. The van der Waals surface area contributed by atoms with Crippen molar-refractivity contribution in [1.29, 1.82) is 0 Å². The maximum Gasteiger partial charge on any atom is 0.311 e. The topological polar surface area (TPSA) is 141 Å². The van der Waals surface area contributed by atoms with Crippen LogP contribution < -0.4 is 10.6 Å². The number of aromatic nitrogens is 6. The third-order valence-electron chi connectivity index (χ3n) is 6.84. The van der Waals surface area contributed by atoms with Crippen molar-refractivity contribution in [2.45, 2.75) is 40.8 Å². The zero-order chi connectivity index (χ0) is 29.9. The molecule has 1 amide bonds. The average Bonchev–Trinajstić information content (AvgIpc) is 3.49. The van der Waals surface area contributed by atoms with Gasteiger partial charge in [-0.25, -0.2) is 9.67 Å². The molecule has 13 nitrogen and oxygen atoms in total. The fourth-order valence-electron chi connectivity index (χ4n) is 4.48. The Hall–Kier alpha value is -4.36. The Morgan fingerprint density at radius 2 is 2.00 bits per heavy atom. The molecule has 2 N–H and O–H groups in total. The van der Waals surface area contributed by atoms with E-state index in [4.69, 9.17) is 9.47 Å². The summed E-state index contributed by atoms with van der Waals surface area (Å²) in [7, 11) is 2.03. The van der Waals surface area contributed by atoms with Gasteiger partial charge in [-0.15, -0.1) is 0 Å². The van der Waals surface area contributed by atoms with Crippen LogP contribution in [0.5, 0.6) is 0 Å². The van der Waals surface area contributed by atoms with E-state index in [-0.39, 0.29) is 24.2 Å². The predicted octanol–water partition coefficient (Wildman–Crippen LogP) is 2.85. The maximum absolute atomic E-state index is 13.2. The highest BCUT2D eigenvalue weighted by molar-refractivity contribution is 6.05. The van der Waals surface area contributed by atoms with Crippen LogP contribution in [-0.2, 0) is 27.4 Å². The number of benzene rings is 1. The van der Waals surface area contributed by atoms with Gasteiger partial charge >= 0.3 is 5.97 Å². The van der Waals surface area contributed by atoms with E-state index in [1.807, 2.05) is 38.4 Å². The van der Waals surface area contributed by atoms with Crippen molar-refractivity contribution >= 4 is 34.4 Å². The predicted molar refractivity (Wildman–Crippen MR) is 157 cm³/mol. The fourth-order valence-corrected chi connectivity index (χ4v) is 4.48. The van der Waals surface area contributed by atoms with Crippen molar-refractivity contribution in [2.75, 3.05) is 45.3 Å². The van der Waals surface area contributed by atoms with Crippen molar-refractivity contribution < 1.29 is 19.1 Å². The van der Waals surface area contributed by atoms with Crippen LogP contribution in [0.2, 0.25) is 0 Å². The molecule has 1 aliphatic rings. The first-order valence-corrected chi connectivity index (χ1v) is 14.0. The van der Waals surface area contributed by atoms with Gasteiger partial charge in [0.25, 0.3) is 5.91 Å². The summed E-state index contributed by atoms with van der Waals surface area (Å²) in [5, 5.41) is 16.0. The second-order valence-electron chi connectivity index (χ2n) is 11.3. The van der Waals surface area contributed by atoms with Crippen molar-refractivity contribution in [3.8, 4) is 5.82 Å². The highest BCUT2D eigenvalue weighted by atomic mass is 16.5. The molecule has 0 atom stereocenters. The molecule has 0 saturated heterocycles. The number of nitrogens with zero attached hydrogens (tertiary/aromatic N) is 7. The quantitative estimate of drug-likeness (QED) is 0.350. The van der Waals surface area contributed by atoms with Crippen LogP contribution in [0, 0.1) is 12.3 Å². The molecule has 4 heterocycles. The number of ether oxygens (including phenoxy) is 2. The third kappa shape index (κ3) is 6.74. The lowest BCUT2D eigenvalue weighted by atomic mass is 9.97. The van der Waals surface area contributed by atoms with Gasteiger partial charge in [-0.2, -0.15) is 15.2 Å². The minimum absolute atomic E-state index is 0.130. The van der Waals surface area contributed by atoms with E-state index >= 15 is 0 Å². The first-order valence-electron chi connectivity index (χ1n) is 14.0. The number of fused-ring (bicyclic) bond motifs is 6. The Balaban J connectivity index is 1.46. The molecule has 0 aliphatic carbocycles. The number of likely N-dealkylation sites (N-methyl/N-ethyl adjacent to an activating group) is 1. The molecule has 1 aliphatic heterocycles. The van der Waals surface area contributed by atoms with Gasteiger partial charge < -0.3 is 20.1 Å². The number of rotatable bonds is 3. The fraction of sp³-hybridized carbons (Fsp3) is 0.448. The highest BCUT2D eigenvalue weighted by Crippen LogP contribution is 2.25. The Bertz CT molecular complexity index is 1590. The van der Waals surface area contributed by atoms with Crippen LogP contribution in [0.4, 0.5) is 11.6 Å². The highest BCUT2D eigenvalue weighted by Gasteiger charge is 2.23. The number of amides is 1. The van der Waals surface area contributed by atoms with Gasteiger partial charge in [0.2, 0.25) is 5.95 Å². The monoisotopic (exact) mass is 575 g/mol. The Labute approximate surface area is 244 Å². The molecule has 0 spiro atoms. The summed E-state index contributed by atoms with van der Waals surface area (Å²) in [4.78, 5) is 36.7. The molecule has 3 aromatic heterocycles. The Morgan fingerprint density at radius 3 is 2.81 bits per heavy atom. The van der Waals surface area contributed by atoms with E-state index in [0.29, 0.717) is 55.7 Å². The van der Waals surface area contributed by atoms with Gasteiger partial charge in [-0.3, -0.25) is 19.2 Å². The van der Waals surface area contributed by atoms with Gasteiger partial charge in [0.05, 0.1) is 36.4 Å². The van der Waals surface area contributed by atoms with Crippen molar-refractivity contribution in [2.24, 2.45) is 5.41 Å². The average molecular weight is 576 g/mol. The molecule has 4 aromatic rings. The van der Waals surface area contributed by atoms with E-state index in [2.05, 4.69) is 35.7 Å². The molecule has 222 valence electrons. The number of nitrogens with one attached hydrogen (secondary N) is 2. The number of carbonyl (C=O) groups excluding carboxylic acids is 2. The lowest BCUT2D eigenvalue weighted by Gasteiger charge is -2.16. The summed E-state index contributed by atoms with van der Waals surface area (Å²) in [6.45, 7) is 10.5. The molecule has 13 heteroatoms. The maximum atomic E-state index is 13.2. The van der Waals surface area contributed by atoms with Crippen molar-refractivity contribution in [3.05, 3.63) is 53.6 Å².